The summed E-state index contributed by atoms with van der Waals surface area (Å²) in [6, 6.07) is 1.81. The molecule has 2 heterocycles. The van der Waals surface area contributed by atoms with E-state index >= 15 is 0 Å². The standard InChI is InChI=1S/C28H53N8O3P/c29-26-19-27(36-15-13-35(14-16-36)17-18-40(37,38)39)34-28(33-26)32-22-25-9-7-24(8-10-25)21-31-12-4-11-30-20-23-5-2-1-3-6-23/h19,23-25,30-31H,1-18,20-22H2,(H2,37,38,39)(H3,29,32,33,34). The lowest BCUT2D eigenvalue weighted by atomic mass is 9.82. The van der Waals surface area contributed by atoms with Crippen LogP contribution in [0.15, 0.2) is 6.07 Å². The Morgan fingerprint density at radius 1 is 0.850 bits per heavy atom. The molecule has 2 saturated carbocycles. The van der Waals surface area contributed by atoms with Crippen LogP contribution < -0.4 is 26.6 Å². The molecule has 3 aliphatic rings. The maximum atomic E-state index is 11.2. The van der Waals surface area contributed by atoms with E-state index in [9.17, 15) is 4.57 Å². The average molecular weight is 581 g/mol. The topological polar surface area (TPSA) is 152 Å². The highest BCUT2D eigenvalue weighted by atomic mass is 31.2. The molecule has 0 amide bonds. The number of anilines is 3. The Kier molecular flexibility index (Phi) is 12.8. The van der Waals surface area contributed by atoms with Crippen LogP contribution in [0.25, 0.3) is 0 Å². The third-order valence-corrected chi connectivity index (χ3v) is 9.73. The van der Waals surface area contributed by atoms with Gasteiger partial charge in [-0.15, -0.1) is 0 Å². The van der Waals surface area contributed by atoms with E-state index in [1.54, 1.807) is 0 Å². The van der Waals surface area contributed by atoms with Crippen molar-refractivity contribution in [1.29, 1.82) is 0 Å². The SMILES string of the molecule is Nc1cc(N2CCN(CCP(=O)(O)O)CC2)nc(NCC2CCC(CNCCCNCC3CCCCC3)CC2)n1. The first-order valence-electron chi connectivity index (χ1n) is 15.7. The zero-order chi connectivity index (χ0) is 28.2. The van der Waals surface area contributed by atoms with Gasteiger partial charge >= 0.3 is 7.60 Å². The summed E-state index contributed by atoms with van der Waals surface area (Å²) in [5.74, 6) is 4.17. The molecule has 0 spiro atoms. The summed E-state index contributed by atoms with van der Waals surface area (Å²) in [6.45, 7) is 8.82. The molecular formula is C28H53N8O3P. The predicted molar refractivity (Wildman–Crippen MR) is 163 cm³/mol. The summed E-state index contributed by atoms with van der Waals surface area (Å²) in [4.78, 5) is 31.7. The van der Waals surface area contributed by atoms with Crippen LogP contribution in [0.3, 0.4) is 0 Å². The summed E-state index contributed by atoms with van der Waals surface area (Å²) in [5, 5.41) is 10.8. The molecule has 1 saturated heterocycles. The van der Waals surface area contributed by atoms with Crippen LogP contribution in [0.4, 0.5) is 17.6 Å². The Bertz CT molecular complexity index is 913. The first-order valence-corrected chi connectivity index (χ1v) is 17.5. The van der Waals surface area contributed by atoms with Gasteiger partial charge < -0.3 is 36.4 Å². The number of aromatic nitrogens is 2. The van der Waals surface area contributed by atoms with E-state index in [0.29, 0.717) is 24.2 Å². The van der Waals surface area contributed by atoms with Crippen molar-refractivity contribution >= 4 is 25.2 Å². The lowest BCUT2D eigenvalue weighted by Crippen LogP contribution is -2.47. The van der Waals surface area contributed by atoms with Crippen LogP contribution in [0.5, 0.6) is 0 Å². The first-order chi connectivity index (χ1) is 19.3. The lowest BCUT2D eigenvalue weighted by molar-refractivity contribution is 0.263. The Morgan fingerprint density at radius 3 is 2.08 bits per heavy atom. The lowest BCUT2D eigenvalue weighted by Gasteiger charge is -2.35. The number of hydrogen-bond acceptors (Lipinski definition) is 9. The summed E-state index contributed by atoms with van der Waals surface area (Å²) in [7, 11) is -3.96. The molecule has 12 heteroatoms. The van der Waals surface area contributed by atoms with Gasteiger partial charge in [0.05, 0.1) is 6.16 Å². The number of rotatable bonds is 15. The Hall–Kier alpha value is -1.49. The van der Waals surface area contributed by atoms with Crippen LogP contribution in [-0.2, 0) is 4.57 Å². The second kappa shape index (κ2) is 16.2. The highest BCUT2D eigenvalue weighted by molar-refractivity contribution is 7.51. The fourth-order valence-electron chi connectivity index (χ4n) is 6.38. The van der Waals surface area contributed by atoms with Gasteiger partial charge in [0, 0.05) is 45.3 Å². The quantitative estimate of drug-likeness (QED) is 0.134. The summed E-state index contributed by atoms with van der Waals surface area (Å²) < 4.78 is 11.2. The van der Waals surface area contributed by atoms with E-state index in [2.05, 4.69) is 30.7 Å². The number of nitrogens with one attached hydrogen (secondary N) is 3. The van der Waals surface area contributed by atoms with Crippen LogP contribution >= 0.6 is 7.60 Å². The van der Waals surface area contributed by atoms with Crippen molar-refractivity contribution in [1.82, 2.24) is 25.5 Å². The van der Waals surface area contributed by atoms with Gasteiger partial charge in [0.1, 0.15) is 11.6 Å². The Morgan fingerprint density at radius 2 is 1.45 bits per heavy atom. The number of nitrogen functional groups attached to an aromatic ring is 1. The Balaban J connectivity index is 1.07. The minimum Gasteiger partial charge on any atom is -0.383 e. The van der Waals surface area contributed by atoms with E-state index in [0.717, 1.165) is 70.0 Å². The number of nitrogens with two attached hydrogens (primary N) is 1. The van der Waals surface area contributed by atoms with Gasteiger partial charge in [-0.2, -0.15) is 9.97 Å². The van der Waals surface area contributed by atoms with Crippen molar-refractivity contribution in [3.05, 3.63) is 6.07 Å². The molecular weight excluding hydrogens is 527 g/mol. The highest BCUT2D eigenvalue weighted by Gasteiger charge is 2.23. The molecule has 1 aromatic heterocycles. The molecule has 7 N–H and O–H groups in total. The summed E-state index contributed by atoms with van der Waals surface area (Å²) in [6.07, 6.45) is 13.2. The molecule has 40 heavy (non-hydrogen) atoms. The van der Waals surface area contributed by atoms with E-state index in [1.165, 1.54) is 70.8 Å². The number of piperazine rings is 1. The van der Waals surface area contributed by atoms with Gasteiger partial charge in [-0.1, -0.05) is 19.3 Å². The summed E-state index contributed by atoms with van der Waals surface area (Å²) in [5.41, 5.74) is 6.11. The van der Waals surface area contributed by atoms with Gasteiger partial charge in [-0.05, 0) is 88.9 Å². The molecule has 4 rings (SSSR count). The number of hydrogen-bond donors (Lipinski definition) is 6. The largest absolute Gasteiger partial charge is 0.383 e. The van der Waals surface area contributed by atoms with Crippen molar-refractivity contribution in [3.63, 3.8) is 0 Å². The molecule has 0 bridgehead atoms. The second-order valence-electron chi connectivity index (χ2n) is 12.2. The maximum absolute atomic E-state index is 11.2. The zero-order valence-corrected chi connectivity index (χ0v) is 25.2. The van der Waals surface area contributed by atoms with Crippen molar-refractivity contribution in [3.8, 4) is 0 Å². The van der Waals surface area contributed by atoms with Crippen molar-refractivity contribution in [2.75, 3.05) is 87.6 Å². The van der Waals surface area contributed by atoms with Gasteiger partial charge in [-0.25, -0.2) is 0 Å². The number of nitrogens with zero attached hydrogens (tertiary/aromatic N) is 4. The van der Waals surface area contributed by atoms with Crippen LogP contribution in [0.2, 0.25) is 0 Å². The molecule has 0 atom stereocenters. The van der Waals surface area contributed by atoms with Gasteiger partial charge in [0.2, 0.25) is 5.95 Å². The fourth-order valence-corrected chi connectivity index (χ4v) is 6.93. The molecule has 0 unspecified atom stereocenters. The van der Waals surface area contributed by atoms with Crippen molar-refractivity contribution < 1.29 is 14.4 Å². The average Bonchev–Trinajstić information content (AvgIpc) is 2.95. The molecule has 1 aliphatic heterocycles. The third-order valence-electron chi connectivity index (χ3n) is 8.95. The van der Waals surface area contributed by atoms with E-state index in [-0.39, 0.29) is 6.16 Å². The van der Waals surface area contributed by atoms with Gasteiger partial charge in [0.25, 0.3) is 0 Å². The molecule has 2 aliphatic carbocycles. The fraction of sp³-hybridized carbons (Fsp3) is 0.857. The van der Waals surface area contributed by atoms with Gasteiger partial charge in [0.15, 0.2) is 0 Å². The zero-order valence-electron chi connectivity index (χ0n) is 24.3. The highest BCUT2D eigenvalue weighted by Crippen LogP contribution is 2.34. The van der Waals surface area contributed by atoms with Crippen molar-refractivity contribution in [2.24, 2.45) is 17.8 Å². The normalized spacial score (nSPS) is 23.4. The third kappa shape index (κ3) is 11.4. The first kappa shape index (κ1) is 31.4. The predicted octanol–water partition coefficient (Wildman–Crippen LogP) is 2.73. The Labute approximate surface area is 240 Å². The van der Waals surface area contributed by atoms with Crippen molar-refractivity contribution in [2.45, 2.75) is 64.2 Å². The van der Waals surface area contributed by atoms with E-state index in [4.69, 9.17) is 20.5 Å². The molecule has 1 aromatic rings. The van der Waals surface area contributed by atoms with Crippen LogP contribution in [0, 0.1) is 17.8 Å². The van der Waals surface area contributed by atoms with Gasteiger partial charge in [-0.3, -0.25) is 9.46 Å². The monoisotopic (exact) mass is 580 g/mol. The second-order valence-corrected chi connectivity index (χ2v) is 14.0. The van der Waals surface area contributed by atoms with Crippen LogP contribution in [0.1, 0.15) is 64.2 Å². The minimum atomic E-state index is -3.96. The van der Waals surface area contributed by atoms with E-state index < -0.39 is 7.60 Å². The molecule has 0 aromatic carbocycles. The maximum Gasteiger partial charge on any atom is 0.326 e. The molecule has 3 fully saturated rings. The molecule has 11 nitrogen and oxygen atoms in total. The van der Waals surface area contributed by atoms with Crippen LogP contribution in [-0.4, -0.2) is 96.3 Å². The molecule has 228 valence electrons. The van der Waals surface area contributed by atoms with E-state index in [1.807, 2.05) is 6.07 Å². The summed E-state index contributed by atoms with van der Waals surface area (Å²) >= 11 is 0. The smallest absolute Gasteiger partial charge is 0.326 e. The minimum absolute atomic E-state index is 0.0992. The molecule has 0 radical (unpaired) electrons.